The molecule has 0 saturated carbocycles. The van der Waals surface area contributed by atoms with Gasteiger partial charge in [0.2, 0.25) is 0 Å². The first-order valence-corrected chi connectivity index (χ1v) is 10.6. The molecule has 0 amide bonds. The molecule has 0 saturated heterocycles. The van der Waals surface area contributed by atoms with Gasteiger partial charge >= 0.3 is 0 Å². The summed E-state index contributed by atoms with van der Waals surface area (Å²) >= 11 is 0. The molecule has 0 aliphatic rings. The maximum atomic E-state index is 2.34. The molecule has 0 aromatic heterocycles. The molecule has 0 aliphatic carbocycles. The third kappa shape index (κ3) is 4.44. The average Bonchev–Trinajstić information content (AvgIpc) is 2.79. The molecule has 0 bridgehead atoms. The van der Waals surface area contributed by atoms with Crippen molar-refractivity contribution in [1.82, 2.24) is 0 Å². The maximum Gasteiger partial charge on any atom is -0.00202 e. The van der Waals surface area contributed by atoms with Crippen LogP contribution in [0.5, 0.6) is 0 Å². The van der Waals surface area contributed by atoms with Crippen LogP contribution < -0.4 is 0 Å². The summed E-state index contributed by atoms with van der Waals surface area (Å²) in [4.78, 5) is 0. The molecule has 0 atom stereocenters. The van der Waals surface area contributed by atoms with Crippen LogP contribution in [0.25, 0.3) is 27.8 Å². The van der Waals surface area contributed by atoms with Gasteiger partial charge in [-0.15, -0.1) is 0 Å². The van der Waals surface area contributed by atoms with Crippen molar-refractivity contribution in [2.75, 3.05) is 0 Å². The molecule has 0 heterocycles. The van der Waals surface area contributed by atoms with Crippen molar-refractivity contribution in [3.63, 3.8) is 0 Å². The lowest BCUT2D eigenvalue weighted by atomic mass is 9.90. The van der Waals surface area contributed by atoms with Crippen molar-refractivity contribution < 1.29 is 0 Å². The molecule has 0 radical (unpaired) electrons. The minimum atomic E-state index is 0.944. The van der Waals surface area contributed by atoms with E-state index >= 15 is 0 Å². The van der Waals surface area contributed by atoms with E-state index in [2.05, 4.69) is 124 Å². The number of hydrogen-bond acceptors (Lipinski definition) is 0. The first-order chi connectivity index (χ1) is 14.6. The van der Waals surface area contributed by atoms with Gasteiger partial charge in [-0.2, -0.15) is 0 Å². The molecule has 0 N–H and O–H groups in total. The van der Waals surface area contributed by atoms with Crippen molar-refractivity contribution in [1.29, 1.82) is 0 Å². The zero-order chi connectivity index (χ0) is 20.9. The Morgan fingerprint density at radius 1 is 0.567 bits per heavy atom. The third-order valence-corrected chi connectivity index (χ3v) is 5.68. The first-order valence-electron chi connectivity index (χ1n) is 10.6. The fraction of sp³-hybridized carbons (Fsp3) is 0.133. The summed E-state index contributed by atoms with van der Waals surface area (Å²) < 4.78 is 0. The van der Waals surface area contributed by atoms with E-state index < -0.39 is 0 Å². The van der Waals surface area contributed by atoms with Crippen LogP contribution in [0.4, 0.5) is 0 Å². The van der Waals surface area contributed by atoms with E-state index in [1.54, 1.807) is 0 Å². The number of rotatable bonds is 5. The molecule has 0 heteroatoms. The molecule has 30 heavy (non-hydrogen) atoms. The van der Waals surface area contributed by atoms with Gasteiger partial charge in [-0.05, 0) is 77.8 Å². The minimum Gasteiger partial charge on any atom is -0.0723 e. The molecule has 0 spiro atoms. The molecule has 148 valence electrons. The van der Waals surface area contributed by atoms with Crippen molar-refractivity contribution in [2.45, 2.75) is 27.2 Å². The Kier molecular flexibility index (Phi) is 5.95. The highest BCUT2D eigenvalue weighted by Gasteiger charge is 2.09. The topological polar surface area (TPSA) is 0 Å². The van der Waals surface area contributed by atoms with E-state index in [1.807, 2.05) is 0 Å². The van der Waals surface area contributed by atoms with E-state index in [0.29, 0.717) is 0 Å². The van der Waals surface area contributed by atoms with Crippen molar-refractivity contribution in [3.8, 4) is 22.3 Å². The van der Waals surface area contributed by atoms with Crippen LogP contribution in [0.2, 0.25) is 0 Å². The number of hydrogen-bond donors (Lipinski definition) is 0. The minimum absolute atomic E-state index is 0.944. The molecule has 0 unspecified atom stereocenters. The second-order valence-electron chi connectivity index (χ2n) is 8.12. The molecule has 0 aliphatic heterocycles. The van der Waals surface area contributed by atoms with Gasteiger partial charge in [0.1, 0.15) is 0 Å². The molecule has 0 nitrogen and oxygen atoms in total. The van der Waals surface area contributed by atoms with Gasteiger partial charge in [0.05, 0.1) is 0 Å². The van der Waals surface area contributed by atoms with E-state index in [0.717, 1.165) is 6.42 Å². The Morgan fingerprint density at radius 2 is 1.13 bits per heavy atom. The van der Waals surface area contributed by atoms with Crippen molar-refractivity contribution in [2.24, 2.45) is 0 Å². The second kappa shape index (κ2) is 8.97. The van der Waals surface area contributed by atoms with Crippen LogP contribution in [-0.4, -0.2) is 0 Å². The Bertz CT molecular complexity index is 1180. The summed E-state index contributed by atoms with van der Waals surface area (Å²) in [7, 11) is 0. The van der Waals surface area contributed by atoms with Crippen LogP contribution in [0.15, 0.2) is 109 Å². The van der Waals surface area contributed by atoms with E-state index in [9.17, 15) is 0 Å². The van der Waals surface area contributed by atoms with Gasteiger partial charge in [-0.1, -0.05) is 103 Å². The summed E-state index contributed by atoms with van der Waals surface area (Å²) in [5, 5.41) is 0. The van der Waals surface area contributed by atoms with E-state index in [4.69, 9.17) is 0 Å². The molecule has 4 aromatic carbocycles. The zero-order valence-electron chi connectivity index (χ0n) is 18.0. The van der Waals surface area contributed by atoms with Crippen LogP contribution >= 0.6 is 0 Å². The Balaban J connectivity index is 1.67. The van der Waals surface area contributed by atoms with E-state index in [1.165, 1.54) is 50.1 Å². The summed E-state index contributed by atoms with van der Waals surface area (Å²) in [6.07, 6.45) is 0.944. The summed E-state index contributed by atoms with van der Waals surface area (Å²) in [6, 6.07) is 37.1. The highest BCUT2D eigenvalue weighted by atomic mass is 14.1. The van der Waals surface area contributed by atoms with Gasteiger partial charge in [-0.3, -0.25) is 0 Å². The average molecular weight is 389 g/mol. The van der Waals surface area contributed by atoms with Gasteiger partial charge in [-0.25, -0.2) is 0 Å². The van der Waals surface area contributed by atoms with E-state index in [-0.39, 0.29) is 0 Å². The fourth-order valence-electron chi connectivity index (χ4n) is 4.03. The number of aryl methyl sites for hydroxylation is 1. The molecule has 4 rings (SSSR count). The maximum absolute atomic E-state index is 2.34. The Hall–Kier alpha value is -3.38. The van der Waals surface area contributed by atoms with Crippen molar-refractivity contribution in [3.05, 3.63) is 125 Å². The van der Waals surface area contributed by atoms with Gasteiger partial charge in [0.15, 0.2) is 0 Å². The largest absolute Gasteiger partial charge is 0.0723 e. The molecular weight excluding hydrogens is 360 g/mol. The highest BCUT2D eigenvalue weighted by Crippen LogP contribution is 2.30. The third-order valence-electron chi connectivity index (χ3n) is 5.68. The number of benzene rings is 4. The van der Waals surface area contributed by atoms with Gasteiger partial charge in [0.25, 0.3) is 0 Å². The summed E-state index contributed by atoms with van der Waals surface area (Å²) in [6.45, 7) is 6.63. The smallest absolute Gasteiger partial charge is 0.00202 e. The lowest BCUT2D eigenvalue weighted by molar-refractivity contribution is 1.22. The fourth-order valence-corrected chi connectivity index (χ4v) is 4.03. The van der Waals surface area contributed by atoms with Crippen LogP contribution in [0.3, 0.4) is 0 Å². The zero-order valence-corrected chi connectivity index (χ0v) is 18.0. The Labute approximate surface area is 180 Å². The monoisotopic (exact) mass is 388 g/mol. The first kappa shape index (κ1) is 19.9. The van der Waals surface area contributed by atoms with Crippen molar-refractivity contribution >= 4 is 5.57 Å². The lowest BCUT2D eigenvalue weighted by Gasteiger charge is -2.14. The predicted octanol–water partition coefficient (Wildman–Crippen LogP) is 8.37. The van der Waals surface area contributed by atoms with Crippen LogP contribution in [-0.2, 0) is 6.42 Å². The Morgan fingerprint density at radius 3 is 1.83 bits per heavy atom. The molecule has 4 aromatic rings. The SMILES string of the molecule is CC(C)=C(Cc1cccc(-c2cccc(-c3ccccc3)c2)c1)c1ccccc1C. The van der Waals surface area contributed by atoms with Gasteiger partial charge in [0, 0.05) is 0 Å². The normalized spacial score (nSPS) is 10.6. The standard InChI is InChI=1S/C30H28/c1-22(2)30(29-18-8-7-11-23(29)3)20-24-12-9-15-26(19-24)28-17-10-16-27(21-28)25-13-5-4-6-14-25/h4-19,21H,20H2,1-3H3. The summed E-state index contributed by atoms with van der Waals surface area (Å²) in [5.74, 6) is 0. The highest BCUT2D eigenvalue weighted by molar-refractivity contribution is 5.75. The molecule has 0 fully saturated rings. The predicted molar refractivity (Wildman–Crippen MR) is 130 cm³/mol. The van der Waals surface area contributed by atoms with Gasteiger partial charge < -0.3 is 0 Å². The van der Waals surface area contributed by atoms with Crippen LogP contribution in [0.1, 0.15) is 30.5 Å². The summed E-state index contributed by atoms with van der Waals surface area (Å²) in [5.41, 5.74) is 11.9. The second-order valence-corrected chi connectivity index (χ2v) is 8.12. The van der Waals surface area contributed by atoms with Crippen LogP contribution in [0, 0.1) is 6.92 Å². The lowest BCUT2D eigenvalue weighted by Crippen LogP contribution is -1.96. The quantitative estimate of drug-likeness (QED) is 0.322. The molecular formula is C30H28. The number of allylic oxidation sites excluding steroid dienone is 2.